The van der Waals surface area contributed by atoms with E-state index in [-0.39, 0.29) is 5.54 Å². The highest BCUT2D eigenvalue weighted by Gasteiger charge is 2.49. The summed E-state index contributed by atoms with van der Waals surface area (Å²) in [4.78, 5) is 0. The second kappa shape index (κ2) is 3.87. The molecular weight excluding hydrogens is 194 g/mol. The molecule has 4 unspecified atom stereocenters. The first kappa shape index (κ1) is 12.2. The zero-order valence-electron chi connectivity index (χ0n) is 11.2. The summed E-state index contributed by atoms with van der Waals surface area (Å²) in [7, 11) is 0. The van der Waals surface area contributed by atoms with E-state index in [4.69, 9.17) is 5.73 Å². The van der Waals surface area contributed by atoms with Crippen LogP contribution in [-0.4, -0.2) is 5.54 Å². The summed E-state index contributed by atoms with van der Waals surface area (Å²) in [6, 6.07) is 0. The van der Waals surface area contributed by atoms with Crippen LogP contribution in [0.1, 0.15) is 59.3 Å². The fourth-order valence-corrected chi connectivity index (χ4v) is 4.22. The standard InChI is InChI=1S/C15H27N/c1-11(2)12-6-9-14(3)7-5-8-15(4,16)13(14)10-12/h12-13H,1,5-10,16H2,2-4H3. The molecule has 2 aliphatic carbocycles. The summed E-state index contributed by atoms with van der Waals surface area (Å²) in [5.41, 5.74) is 8.48. The van der Waals surface area contributed by atoms with E-state index >= 15 is 0 Å². The van der Waals surface area contributed by atoms with Crippen LogP contribution >= 0.6 is 0 Å². The highest BCUT2D eigenvalue weighted by molar-refractivity contribution is 5.08. The maximum absolute atomic E-state index is 6.55. The van der Waals surface area contributed by atoms with Crippen molar-refractivity contribution in [3.8, 4) is 0 Å². The van der Waals surface area contributed by atoms with Gasteiger partial charge in [0.1, 0.15) is 0 Å². The van der Waals surface area contributed by atoms with Crippen LogP contribution in [0.25, 0.3) is 0 Å². The number of hydrogen-bond donors (Lipinski definition) is 1. The van der Waals surface area contributed by atoms with Crippen LogP contribution in [0.2, 0.25) is 0 Å². The van der Waals surface area contributed by atoms with Crippen molar-refractivity contribution in [3.63, 3.8) is 0 Å². The van der Waals surface area contributed by atoms with Gasteiger partial charge in [-0.1, -0.05) is 25.5 Å². The molecule has 0 spiro atoms. The van der Waals surface area contributed by atoms with Crippen LogP contribution in [0.3, 0.4) is 0 Å². The molecular formula is C15H27N. The third-order valence-electron chi connectivity index (χ3n) is 5.38. The van der Waals surface area contributed by atoms with E-state index in [1.54, 1.807) is 0 Å². The van der Waals surface area contributed by atoms with Crippen molar-refractivity contribution < 1.29 is 0 Å². The molecule has 92 valence electrons. The number of allylic oxidation sites excluding steroid dienone is 1. The van der Waals surface area contributed by atoms with E-state index in [9.17, 15) is 0 Å². The average molecular weight is 221 g/mol. The molecule has 4 atom stereocenters. The fourth-order valence-electron chi connectivity index (χ4n) is 4.22. The van der Waals surface area contributed by atoms with Gasteiger partial charge in [0.2, 0.25) is 0 Å². The minimum Gasteiger partial charge on any atom is -0.325 e. The van der Waals surface area contributed by atoms with Gasteiger partial charge in [0.05, 0.1) is 0 Å². The van der Waals surface area contributed by atoms with Gasteiger partial charge >= 0.3 is 0 Å². The Bertz CT molecular complexity index is 292. The van der Waals surface area contributed by atoms with Crippen molar-refractivity contribution in [2.45, 2.75) is 64.8 Å². The minimum atomic E-state index is 0.0567. The van der Waals surface area contributed by atoms with Gasteiger partial charge in [-0.05, 0) is 63.2 Å². The SMILES string of the molecule is C=C(C)C1CCC2(C)CCCC(C)(N)C2C1. The topological polar surface area (TPSA) is 26.0 Å². The van der Waals surface area contributed by atoms with E-state index in [0.29, 0.717) is 11.3 Å². The van der Waals surface area contributed by atoms with E-state index in [1.165, 1.54) is 44.1 Å². The fraction of sp³-hybridized carbons (Fsp3) is 0.867. The number of nitrogens with two attached hydrogens (primary N) is 1. The van der Waals surface area contributed by atoms with Crippen molar-refractivity contribution in [3.05, 3.63) is 12.2 Å². The van der Waals surface area contributed by atoms with Crippen molar-refractivity contribution >= 4 is 0 Å². The smallest absolute Gasteiger partial charge is 0.0159 e. The maximum Gasteiger partial charge on any atom is 0.0159 e. The molecule has 2 aliphatic rings. The molecule has 0 aliphatic heterocycles. The molecule has 16 heavy (non-hydrogen) atoms. The van der Waals surface area contributed by atoms with Gasteiger partial charge < -0.3 is 5.73 Å². The highest BCUT2D eigenvalue weighted by Crippen LogP contribution is 2.55. The zero-order chi connectivity index (χ0) is 12.0. The van der Waals surface area contributed by atoms with Crippen molar-refractivity contribution in [1.29, 1.82) is 0 Å². The molecule has 0 aromatic carbocycles. The summed E-state index contributed by atoms with van der Waals surface area (Å²) in [5.74, 6) is 1.42. The van der Waals surface area contributed by atoms with Crippen molar-refractivity contribution in [2.75, 3.05) is 0 Å². The van der Waals surface area contributed by atoms with Crippen LogP contribution in [0.5, 0.6) is 0 Å². The first-order chi connectivity index (χ1) is 7.35. The van der Waals surface area contributed by atoms with E-state index in [0.717, 1.165) is 5.92 Å². The summed E-state index contributed by atoms with van der Waals surface area (Å²) >= 11 is 0. The molecule has 0 saturated heterocycles. The van der Waals surface area contributed by atoms with Crippen LogP contribution in [0.15, 0.2) is 12.2 Å². The lowest BCUT2D eigenvalue weighted by molar-refractivity contribution is -0.00848. The summed E-state index contributed by atoms with van der Waals surface area (Å²) in [6.45, 7) is 11.1. The van der Waals surface area contributed by atoms with Gasteiger partial charge in [-0.25, -0.2) is 0 Å². The van der Waals surface area contributed by atoms with Gasteiger partial charge in [-0.2, -0.15) is 0 Å². The Morgan fingerprint density at radius 1 is 1.25 bits per heavy atom. The normalized spacial score (nSPS) is 48.5. The van der Waals surface area contributed by atoms with E-state index in [2.05, 4.69) is 27.4 Å². The lowest BCUT2D eigenvalue weighted by atomic mass is 9.52. The molecule has 0 radical (unpaired) electrons. The van der Waals surface area contributed by atoms with Crippen molar-refractivity contribution in [2.24, 2.45) is 23.0 Å². The monoisotopic (exact) mass is 221 g/mol. The average Bonchev–Trinajstić information content (AvgIpc) is 2.15. The predicted octanol–water partition coefficient (Wildman–Crippen LogP) is 3.89. The Kier molecular flexibility index (Phi) is 2.94. The lowest BCUT2D eigenvalue weighted by Crippen LogP contribution is -2.56. The molecule has 1 heteroatoms. The summed E-state index contributed by atoms with van der Waals surface area (Å²) < 4.78 is 0. The van der Waals surface area contributed by atoms with Gasteiger partial charge in [-0.15, -0.1) is 0 Å². The van der Waals surface area contributed by atoms with Crippen LogP contribution < -0.4 is 5.73 Å². The van der Waals surface area contributed by atoms with Crippen LogP contribution in [0, 0.1) is 17.3 Å². The van der Waals surface area contributed by atoms with Gasteiger partial charge in [0, 0.05) is 5.54 Å². The Morgan fingerprint density at radius 3 is 2.56 bits per heavy atom. The lowest BCUT2D eigenvalue weighted by Gasteiger charge is -2.55. The molecule has 0 heterocycles. The molecule has 2 fully saturated rings. The second-order valence-electron chi connectivity index (χ2n) is 6.88. The quantitative estimate of drug-likeness (QED) is 0.668. The Balaban J connectivity index is 2.21. The molecule has 0 aromatic heterocycles. The largest absolute Gasteiger partial charge is 0.325 e. The highest BCUT2D eigenvalue weighted by atomic mass is 14.8. The Hall–Kier alpha value is -0.300. The Labute approximate surface area is 100 Å². The molecule has 0 amide bonds. The molecule has 0 aromatic rings. The second-order valence-corrected chi connectivity index (χ2v) is 6.88. The van der Waals surface area contributed by atoms with Gasteiger partial charge in [-0.3, -0.25) is 0 Å². The maximum atomic E-state index is 6.55. The first-order valence-corrected chi connectivity index (χ1v) is 6.79. The third kappa shape index (κ3) is 1.95. The van der Waals surface area contributed by atoms with Crippen molar-refractivity contribution in [1.82, 2.24) is 0 Å². The Morgan fingerprint density at radius 2 is 1.94 bits per heavy atom. The molecule has 0 bridgehead atoms. The first-order valence-electron chi connectivity index (χ1n) is 6.79. The third-order valence-corrected chi connectivity index (χ3v) is 5.38. The van der Waals surface area contributed by atoms with E-state index < -0.39 is 0 Å². The predicted molar refractivity (Wildman–Crippen MR) is 70.2 cm³/mol. The molecule has 2 rings (SSSR count). The molecule has 2 N–H and O–H groups in total. The van der Waals surface area contributed by atoms with E-state index in [1.807, 2.05) is 0 Å². The number of fused-ring (bicyclic) bond motifs is 1. The molecule has 2 saturated carbocycles. The number of rotatable bonds is 1. The van der Waals surface area contributed by atoms with Gasteiger partial charge in [0.15, 0.2) is 0 Å². The van der Waals surface area contributed by atoms with Crippen LogP contribution in [-0.2, 0) is 0 Å². The molecule has 1 nitrogen and oxygen atoms in total. The number of hydrogen-bond acceptors (Lipinski definition) is 1. The van der Waals surface area contributed by atoms with Gasteiger partial charge in [0.25, 0.3) is 0 Å². The summed E-state index contributed by atoms with van der Waals surface area (Å²) in [6.07, 6.45) is 7.86. The summed E-state index contributed by atoms with van der Waals surface area (Å²) in [5, 5.41) is 0. The minimum absolute atomic E-state index is 0.0567. The zero-order valence-corrected chi connectivity index (χ0v) is 11.2. The van der Waals surface area contributed by atoms with Crippen LogP contribution in [0.4, 0.5) is 0 Å².